The van der Waals surface area contributed by atoms with Crippen LogP contribution in [-0.2, 0) is 23.8 Å². The number of hydrogen-bond donors (Lipinski definition) is 1. The molecule has 2 heterocycles. The molecule has 3 aromatic rings. The highest BCUT2D eigenvalue weighted by molar-refractivity contribution is 7.18. The van der Waals surface area contributed by atoms with E-state index in [1.165, 1.54) is 27.2 Å². The topological polar surface area (TPSA) is 121 Å². The zero-order valence-corrected chi connectivity index (χ0v) is 18.9. The fourth-order valence-electron chi connectivity index (χ4n) is 3.00. The number of anilines is 1. The van der Waals surface area contributed by atoms with E-state index in [2.05, 4.69) is 10.3 Å². The SMILES string of the molecule is COC(=O)c1sc(NC(=O)COC(=O)/C=C/c2cccc3cccnc23)c(C(=O)OC)c1C. The van der Waals surface area contributed by atoms with Crippen LogP contribution in [0.3, 0.4) is 0 Å². The van der Waals surface area contributed by atoms with E-state index in [0.717, 1.165) is 27.8 Å². The van der Waals surface area contributed by atoms with Crippen LogP contribution in [-0.4, -0.2) is 49.6 Å². The molecule has 3 rings (SSSR count). The minimum absolute atomic E-state index is 0.0333. The highest BCUT2D eigenvalue weighted by Gasteiger charge is 2.26. The molecule has 0 radical (unpaired) electrons. The van der Waals surface area contributed by atoms with Crippen molar-refractivity contribution < 1.29 is 33.4 Å². The van der Waals surface area contributed by atoms with Crippen molar-refractivity contribution in [3.05, 3.63) is 64.2 Å². The zero-order valence-electron chi connectivity index (χ0n) is 18.0. The summed E-state index contributed by atoms with van der Waals surface area (Å²) in [6.07, 6.45) is 4.40. The molecule has 9 nitrogen and oxygen atoms in total. The molecule has 0 atom stereocenters. The fourth-order valence-corrected chi connectivity index (χ4v) is 4.13. The summed E-state index contributed by atoms with van der Waals surface area (Å²) in [5, 5.41) is 3.50. The predicted octanol–water partition coefficient (Wildman–Crippen LogP) is 3.37. The van der Waals surface area contributed by atoms with Crippen LogP contribution < -0.4 is 5.32 Å². The van der Waals surface area contributed by atoms with Crippen molar-refractivity contribution in [3.8, 4) is 0 Å². The van der Waals surface area contributed by atoms with Gasteiger partial charge >= 0.3 is 17.9 Å². The van der Waals surface area contributed by atoms with E-state index in [-0.39, 0.29) is 15.4 Å². The average molecular weight is 468 g/mol. The molecule has 0 aliphatic heterocycles. The first kappa shape index (κ1) is 23.6. The Morgan fingerprint density at radius 3 is 2.52 bits per heavy atom. The lowest BCUT2D eigenvalue weighted by molar-refractivity contribution is -0.142. The number of esters is 3. The molecule has 0 saturated carbocycles. The Bertz CT molecular complexity index is 1260. The van der Waals surface area contributed by atoms with Gasteiger partial charge in [-0.05, 0) is 24.6 Å². The normalized spacial score (nSPS) is 10.8. The quantitative estimate of drug-likeness (QED) is 0.318. The van der Waals surface area contributed by atoms with Crippen molar-refractivity contribution in [2.75, 3.05) is 26.1 Å². The van der Waals surface area contributed by atoms with Crippen molar-refractivity contribution in [1.29, 1.82) is 0 Å². The number of pyridine rings is 1. The molecule has 0 saturated heterocycles. The molecule has 2 aromatic heterocycles. The van der Waals surface area contributed by atoms with E-state index in [1.807, 2.05) is 24.3 Å². The maximum atomic E-state index is 12.3. The van der Waals surface area contributed by atoms with Gasteiger partial charge in [0.15, 0.2) is 6.61 Å². The van der Waals surface area contributed by atoms with Gasteiger partial charge in [0.1, 0.15) is 9.88 Å². The minimum Gasteiger partial charge on any atom is -0.465 e. The van der Waals surface area contributed by atoms with Gasteiger partial charge in [-0.25, -0.2) is 14.4 Å². The maximum absolute atomic E-state index is 12.3. The number of para-hydroxylation sites is 1. The first-order chi connectivity index (χ1) is 15.8. The first-order valence-electron chi connectivity index (χ1n) is 9.64. The fraction of sp³-hybridized carbons (Fsp3) is 0.174. The largest absolute Gasteiger partial charge is 0.465 e. The number of carbonyl (C=O) groups is 4. The Balaban J connectivity index is 1.66. The highest BCUT2D eigenvalue weighted by Crippen LogP contribution is 2.34. The lowest BCUT2D eigenvalue weighted by Gasteiger charge is -2.06. The second-order valence-corrected chi connectivity index (χ2v) is 7.68. The van der Waals surface area contributed by atoms with Crippen LogP contribution in [0.1, 0.15) is 31.2 Å². The standard InChI is InChI=1S/C23H20N2O7S/c1-13-18(22(28)30-2)21(33-20(13)23(29)31-3)25-16(26)12-32-17(27)10-9-15-7-4-6-14-8-5-11-24-19(14)15/h4-11H,12H2,1-3H3,(H,25,26)/b10-9+. The summed E-state index contributed by atoms with van der Waals surface area (Å²) >= 11 is 0.865. The number of carbonyl (C=O) groups excluding carboxylic acids is 4. The van der Waals surface area contributed by atoms with Crippen molar-refractivity contribution >= 4 is 57.1 Å². The van der Waals surface area contributed by atoms with Crippen LogP contribution in [0.4, 0.5) is 5.00 Å². The molecule has 0 aliphatic rings. The van der Waals surface area contributed by atoms with Crippen molar-refractivity contribution in [2.45, 2.75) is 6.92 Å². The summed E-state index contributed by atoms with van der Waals surface area (Å²) in [5.41, 5.74) is 1.80. The number of aromatic nitrogens is 1. The van der Waals surface area contributed by atoms with Gasteiger partial charge in [0, 0.05) is 23.2 Å². The van der Waals surface area contributed by atoms with Crippen LogP contribution in [0.2, 0.25) is 0 Å². The zero-order chi connectivity index (χ0) is 24.0. The van der Waals surface area contributed by atoms with Gasteiger partial charge < -0.3 is 19.5 Å². The number of hydrogen-bond acceptors (Lipinski definition) is 9. The van der Waals surface area contributed by atoms with Crippen LogP contribution >= 0.6 is 11.3 Å². The molecule has 0 aliphatic carbocycles. The van der Waals surface area contributed by atoms with Crippen LogP contribution in [0, 0.1) is 6.92 Å². The van der Waals surface area contributed by atoms with Crippen molar-refractivity contribution in [1.82, 2.24) is 4.98 Å². The second-order valence-electron chi connectivity index (χ2n) is 6.66. The molecule has 0 spiro atoms. The molecular formula is C23H20N2O7S. The number of fused-ring (bicyclic) bond motifs is 1. The van der Waals surface area contributed by atoms with Crippen LogP contribution in [0.15, 0.2) is 42.6 Å². The number of rotatable bonds is 7. The van der Waals surface area contributed by atoms with Gasteiger partial charge in [-0.1, -0.05) is 24.3 Å². The Morgan fingerprint density at radius 2 is 1.79 bits per heavy atom. The van der Waals surface area contributed by atoms with Crippen molar-refractivity contribution in [3.63, 3.8) is 0 Å². The molecule has 0 unspecified atom stereocenters. The van der Waals surface area contributed by atoms with Gasteiger partial charge in [0.25, 0.3) is 5.91 Å². The van der Waals surface area contributed by atoms with Gasteiger partial charge in [-0.15, -0.1) is 11.3 Å². The second kappa shape index (κ2) is 10.5. The lowest BCUT2D eigenvalue weighted by Crippen LogP contribution is -2.21. The third-order valence-electron chi connectivity index (χ3n) is 4.57. The third-order valence-corrected chi connectivity index (χ3v) is 5.76. The van der Waals surface area contributed by atoms with E-state index < -0.39 is 30.4 Å². The number of ether oxygens (including phenoxy) is 3. The summed E-state index contributed by atoms with van der Waals surface area (Å²) in [6, 6.07) is 9.27. The lowest BCUT2D eigenvalue weighted by atomic mass is 10.1. The van der Waals surface area contributed by atoms with Gasteiger partial charge in [0.2, 0.25) is 0 Å². The average Bonchev–Trinajstić information content (AvgIpc) is 3.15. The summed E-state index contributed by atoms with van der Waals surface area (Å²) in [6.45, 7) is 0.944. The molecule has 10 heteroatoms. The molecule has 0 bridgehead atoms. The maximum Gasteiger partial charge on any atom is 0.348 e. The molecule has 170 valence electrons. The van der Waals surface area contributed by atoms with Crippen LogP contribution in [0.25, 0.3) is 17.0 Å². The van der Waals surface area contributed by atoms with E-state index in [1.54, 1.807) is 18.3 Å². The highest BCUT2D eigenvalue weighted by atomic mass is 32.1. The molecular weight excluding hydrogens is 448 g/mol. The van der Waals surface area contributed by atoms with Gasteiger partial charge in [-0.3, -0.25) is 9.78 Å². The molecule has 1 N–H and O–H groups in total. The molecule has 1 amide bonds. The Hall–Kier alpha value is -4.05. The number of amides is 1. The van der Waals surface area contributed by atoms with Gasteiger partial charge in [0.05, 0.1) is 25.3 Å². The summed E-state index contributed by atoms with van der Waals surface area (Å²) < 4.78 is 14.4. The smallest absolute Gasteiger partial charge is 0.348 e. The molecule has 1 aromatic carbocycles. The predicted molar refractivity (Wildman–Crippen MR) is 122 cm³/mol. The summed E-state index contributed by atoms with van der Waals surface area (Å²) in [4.78, 5) is 52.9. The first-order valence-corrected chi connectivity index (χ1v) is 10.5. The van der Waals surface area contributed by atoms with E-state index >= 15 is 0 Å². The number of nitrogens with zero attached hydrogens (tertiary/aromatic N) is 1. The number of nitrogens with one attached hydrogen (secondary N) is 1. The molecule has 0 fully saturated rings. The van der Waals surface area contributed by atoms with Crippen molar-refractivity contribution in [2.24, 2.45) is 0 Å². The Kier molecular flexibility index (Phi) is 7.52. The summed E-state index contributed by atoms with van der Waals surface area (Å²) in [7, 11) is 2.39. The Labute approximate surface area is 193 Å². The number of thiophene rings is 1. The van der Waals surface area contributed by atoms with Crippen LogP contribution in [0.5, 0.6) is 0 Å². The van der Waals surface area contributed by atoms with E-state index in [0.29, 0.717) is 5.56 Å². The monoisotopic (exact) mass is 468 g/mol. The minimum atomic E-state index is -0.733. The number of benzene rings is 1. The number of methoxy groups -OCH3 is 2. The molecule has 33 heavy (non-hydrogen) atoms. The third kappa shape index (κ3) is 5.42. The summed E-state index contributed by atoms with van der Waals surface area (Å²) in [5.74, 6) is -2.80. The van der Waals surface area contributed by atoms with E-state index in [4.69, 9.17) is 14.2 Å². The van der Waals surface area contributed by atoms with E-state index in [9.17, 15) is 19.2 Å². The Morgan fingerprint density at radius 1 is 1.06 bits per heavy atom. The van der Waals surface area contributed by atoms with Gasteiger partial charge in [-0.2, -0.15) is 0 Å².